The Morgan fingerprint density at radius 2 is 1.68 bits per heavy atom. The number of carbonyl (C=O) groups excluding carboxylic acids is 1. The second-order valence-corrected chi connectivity index (χ2v) is 6.01. The van der Waals surface area contributed by atoms with Crippen LogP contribution in [-0.4, -0.2) is 30.4 Å². The number of nitrogens with one attached hydrogen (secondary N) is 1. The Morgan fingerprint density at radius 1 is 1.04 bits per heavy atom. The van der Waals surface area contributed by atoms with Crippen LogP contribution in [0.1, 0.15) is 37.9 Å². The van der Waals surface area contributed by atoms with Crippen LogP contribution in [0.5, 0.6) is 5.75 Å². The lowest BCUT2D eigenvalue weighted by atomic mass is 10.1. The molecule has 4 heteroatoms. The summed E-state index contributed by atoms with van der Waals surface area (Å²) in [6.45, 7) is 8.48. The van der Waals surface area contributed by atoms with Gasteiger partial charge < -0.3 is 15.0 Å². The Bertz CT molecular complexity index is 637. The molecule has 0 aromatic heterocycles. The van der Waals surface area contributed by atoms with Crippen molar-refractivity contribution < 1.29 is 9.53 Å². The quantitative estimate of drug-likeness (QED) is 0.755. The molecule has 25 heavy (non-hydrogen) atoms. The second-order valence-electron chi connectivity index (χ2n) is 6.01. The number of amides is 1. The van der Waals surface area contributed by atoms with E-state index in [-0.39, 0.29) is 11.9 Å². The maximum Gasteiger partial charge on any atom is 0.236 e. The normalized spacial score (nSPS) is 11.8. The molecule has 0 aliphatic rings. The van der Waals surface area contributed by atoms with Crippen LogP contribution in [0, 0.1) is 0 Å². The summed E-state index contributed by atoms with van der Waals surface area (Å²) in [6, 6.07) is 18.3. The van der Waals surface area contributed by atoms with E-state index in [9.17, 15) is 4.79 Å². The number of rotatable bonds is 9. The van der Waals surface area contributed by atoms with E-state index in [0.29, 0.717) is 13.2 Å². The molecule has 1 amide bonds. The Balaban J connectivity index is 1.83. The first kappa shape index (κ1) is 19.0. The second kappa shape index (κ2) is 9.84. The summed E-state index contributed by atoms with van der Waals surface area (Å²) < 4.78 is 5.80. The summed E-state index contributed by atoms with van der Waals surface area (Å²) in [5.41, 5.74) is 2.29. The van der Waals surface area contributed by atoms with E-state index in [1.807, 2.05) is 73.3 Å². The van der Waals surface area contributed by atoms with E-state index in [1.54, 1.807) is 0 Å². The molecule has 134 valence electrons. The van der Waals surface area contributed by atoms with Crippen molar-refractivity contribution in [3.8, 4) is 5.75 Å². The van der Waals surface area contributed by atoms with Gasteiger partial charge in [0.05, 0.1) is 6.54 Å². The van der Waals surface area contributed by atoms with Gasteiger partial charge in [-0.1, -0.05) is 42.5 Å². The highest BCUT2D eigenvalue weighted by Crippen LogP contribution is 2.18. The Morgan fingerprint density at radius 3 is 2.28 bits per heavy atom. The number of hydrogen-bond acceptors (Lipinski definition) is 3. The Labute approximate surface area is 150 Å². The molecule has 2 aromatic rings. The van der Waals surface area contributed by atoms with E-state index in [4.69, 9.17) is 4.74 Å². The van der Waals surface area contributed by atoms with E-state index >= 15 is 0 Å². The molecule has 0 heterocycles. The van der Waals surface area contributed by atoms with Gasteiger partial charge in [-0.25, -0.2) is 0 Å². The molecule has 0 aliphatic carbocycles. The lowest BCUT2D eigenvalue weighted by molar-refractivity contribution is -0.129. The van der Waals surface area contributed by atoms with Crippen molar-refractivity contribution in [2.45, 2.75) is 33.4 Å². The summed E-state index contributed by atoms with van der Waals surface area (Å²) >= 11 is 0. The first-order valence-corrected chi connectivity index (χ1v) is 8.91. The summed E-state index contributed by atoms with van der Waals surface area (Å²) in [5, 5.41) is 3.29. The minimum absolute atomic E-state index is 0.114. The van der Waals surface area contributed by atoms with E-state index in [1.165, 1.54) is 0 Å². The summed E-state index contributed by atoms with van der Waals surface area (Å²) in [5.74, 6) is 0.985. The number of ether oxygens (including phenoxy) is 1. The molecule has 1 unspecified atom stereocenters. The molecular weight excluding hydrogens is 312 g/mol. The SMILES string of the molecule is CCN(CC)C(=O)CNC(C)c1ccc(OCc2ccccc2)cc1. The zero-order chi connectivity index (χ0) is 18.1. The molecule has 0 saturated carbocycles. The van der Waals surface area contributed by atoms with Gasteiger partial charge in [0, 0.05) is 19.1 Å². The van der Waals surface area contributed by atoms with Gasteiger partial charge in [0.2, 0.25) is 5.91 Å². The third-order valence-corrected chi connectivity index (χ3v) is 4.30. The minimum atomic E-state index is 0.114. The molecule has 0 spiro atoms. The fourth-order valence-electron chi connectivity index (χ4n) is 2.64. The van der Waals surface area contributed by atoms with Crippen molar-refractivity contribution >= 4 is 5.91 Å². The maximum absolute atomic E-state index is 12.1. The fraction of sp³-hybridized carbons (Fsp3) is 0.381. The average Bonchev–Trinajstić information content (AvgIpc) is 2.66. The van der Waals surface area contributed by atoms with Gasteiger partial charge in [-0.3, -0.25) is 4.79 Å². The van der Waals surface area contributed by atoms with Gasteiger partial charge in [-0.15, -0.1) is 0 Å². The van der Waals surface area contributed by atoms with Crippen molar-refractivity contribution in [1.29, 1.82) is 0 Å². The van der Waals surface area contributed by atoms with Crippen molar-refractivity contribution in [3.63, 3.8) is 0 Å². The number of nitrogens with zero attached hydrogens (tertiary/aromatic N) is 1. The number of benzene rings is 2. The number of hydrogen-bond donors (Lipinski definition) is 1. The van der Waals surface area contributed by atoms with Gasteiger partial charge in [0.1, 0.15) is 12.4 Å². The Kier molecular flexibility index (Phi) is 7.48. The maximum atomic E-state index is 12.1. The number of carbonyl (C=O) groups is 1. The Hall–Kier alpha value is -2.33. The predicted molar refractivity (Wildman–Crippen MR) is 102 cm³/mol. The van der Waals surface area contributed by atoms with E-state index < -0.39 is 0 Å². The topological polar surface area (TPSA) is 41.6 Å². The van der Waals surface area contributed by atoms with Crippen LogP contribution < -0.4 is 10.1 Å². The first-order valence-electron chi connectivity index (χ1n) is 8.91. The summed E-state index contributed by atoms with van der Waals surface area (Å²) in [7, 11) is 0. The highest BCUT2D eigenvalue weighted by Gasteiger charge is 2.12. The van der Waals surface area contributed by atoms with Crippen LogP contribution in [0.4, 0.5) is 0 Å². The van der Waals surface area contributed by atoms with Gasteiger partial charge in [-0.05, 0) is 44.0 Å². The molecule has 0 radical (unpaired) electrons. The third kappa shape index (κ3) is 5.91. The molecule has 1 N–H and O–H groups in total. The van der Waals surface area contributed by atoms with E-state index in [0.717, 1.165) is 30.0 Å². The zero-order valence-electron chi connectivity index (χ0n) is 15.4. The largest absolute Gasteiger partial charge is 0.489 e. The lowest BCUT2D eigenvalue weighted by Crippen LogP contribution is -2.38. The highest BCUT2D eigenvalue weighted by molar-refractivity contribution is 5.78. The van der Waals surface area contributed by atoms with Gasteiger partial charge in [0.15, 0.2) is 0 Å². The standard InChI is InChI=1S/C21H28N2O2/c1-4-23(5-2)21(24)15-22-17(3)19-11-13-20(14-12-19)25-16-18-9-7-6-8-10-18/h6-14,17,22H,4-5,15-16H2,1-3H3. The van der Waals surface area contributed by atoms with Crippen LogP contribution >= 0.6 is 0 Å². The molecule has 4 nitrogen and oxygen atoms in total. The van der Waals surface area contributed by atoms with Crippen LogP contribution in [0.25, 0.3) is 0 Å². The molecule has 0 fully saturated rings. The summed E-state index contributed by atoms with van der Waals surface area (Å²) in [4.78, 5) is 13.9. The first-order chi connectivity index (χ1) is 12.1. The van der Waals surface area contributed by atoms with Crippen LogP contribution in [-0.2, 0) is 11.4 Å². The lowest BCUT2D eigenvalue weighted by Gasteiger charge is -2.21. The van der Waals surface area contributed by atoms with Crippen LogP contribution in [0.2, 0.25) is 0 Å². The van der Waals surface area contributed by atoms with Gasteiger partial charge in [-0.2, -0.15) is 0 Å². The van der Waals surface area contributed by atoms with Crippen molar-refractivity contribution in [3.05, 3.63) is 65.7 Å². The smallest absolute Gasteiger partial charge is 0.236 e. The van der Waals surface area contributed by atoms with Crippen molar-refractivity contribution in [2.75, 3.05) is 19.6 Å². The van der Waals surface area contributed by atoms with Gasteiger partial charge >= 0.3 is 0 Å². The summed E-state index contributed by atoms with van der Waals surface area (Å²) in [6.07, 6.45) is 0. The number of likely N-dealkylation sites (N-methyl/N-ethyl adjacent to an activating group) is 1. The third-order valence-electron chi connectivity index (χ3n) is 4.30. The monoisotopic (exact) mass is 340 g/mol. The van der Waals surface area contributed by atoms with E-state index in [2.05, 4.69) is 12.2 Å². The molecular formula is C21H28N2O2. The molecule has 0 bridgehead atoms. The van der Waals surface area contributed by atoms with Crippen molar-refractivity contribution in [1.82, 2.24) is 10.2 Å². The minimum Gasteiger partial charge on any atom is -0.489 e. The van der Waals surface area contributed by atoms with Crippen LogP contribution in [0.15, 0.2) is 54.6 Å². The molecule has 1 atom stereocenters. The van der Waals surface area contributed by atoms with Crippen LogP contribution in [0.3, 0.4) is 0 Å². The fourth-order valence-corrected chi connectivity index (χ4v) is 2.64. The van der Waals surface area contributed by atoms with Crippen molar-refractivity contribution in [2.24, 2.45) is 0 Å². The zero-order valence-corrected chi connectivity index (χ0v) is 15.4. The molecule has 0 saturated heterocycles. The molecule has 2 aromatic carbocycles. The van der Waals surface area contributed by atoms with Gasteiger partial charge in [0.25, 0.3) is 0 Å². The predicted octanol–water partition coefficient (Wildman–Crippen LogP) is 3.78. The highest BCUT2D eigenvalue weighted by atomic mass is 16.5. The molecule has 2 rings (SSSR count). The average molecular weight is 340 g/mol. The molecule has 0 aliphatic heterocycles.